The molecule has 1 saturated heterocycles. The molecule has 0 saturated carbocycles. The van der Waals surface area contributed by atoms with Crippen LogP contribution >= 0.6 is 11.6 Å². The van der Waals surface area contributed by atoms with Gasteiger partial charge in [-0.2, -0.15) is 0 Å². The number of benzene rings is 2. The molecule has 2 amide bonds. The predicted molar refractivity (Wildman–Crippen MR) is 152 cm³/mol. The molecule has 4 rings (SSSR count). The summed E-state index contributed by atoms with van der Waals surface area (Å²) in [7, 11) is 3.20. The van der Waals surface area contributed by atoms with Crippen molar-refractivity contribution in [3.05, 3.63) is 65.2 Å². The van der Waals surface area contributed by atoms with Crippen molar-refractivity contribution in [1.29, 1.82) is 0 Å². The molecular weight excluding hydrogens is 518 g/mol. The lowest BCUT2D eigenvalue weighted by Crippen LogP contribution is -2.46. The lowest BCUT2D eigenvalue weighted by molar-refractivity contribution is -0.132. The molecule has 1 fully saturated rings. The number of hydrogen-bond acceptors (Lipinski definition) is 7. The summed E-state index contributed by atoms with van der Waals surface area (Å²) in [4.78, 5) is 32.0. The van der Waals surface area contributed by atoms with Crippen LogP contribution in [0, 0.1) is 0 Å². The first-order valence-corrected chi connectivity index (χ1v) is 13.3. The average Bonchev–Trinajstić information content (AvgIpc) is 3.22. The van der Waals surface area contributed by atoms with Gasteiger partial charge < -0.3 is 24.2 Å². The fraction of sp³-hybridized carbons (Fsp3) is 0.379. The number of amides is 2. The summed E-state index contributed by atoms with van der Waals surface area (Å²) in [5, 5.41) is 9.27. The first kappa shape index (κ1) is 28.2. The molecule has 1 aliphatic heterocycles. The minimum Gasteiger partial charge on any atom is -0.493 e. The Balaban J connectivity index is 1.39. The van der Waals surface area contributed by atoms with Crippen molar-refractivity contribution in [2.24, 2.45) is 0 Å². The second-order valence-electron chi connectivity index (χ2n) is 9.57. The smallest absolute Gasteiger partial charge is 0.256 e. The monoisotopic (exact) mass is 551 g/mol. The highest BCUT2D eigenvalue weighted by molar-refractivity contribution is 6.33. The van der Waals surface area contributed by atoms with Gasteiger partial charge in [0.1, 0.15) is 6.54 Å². The molecule has 206 valence electrons. The van der Waals surface area contributed by atoms with Crippen LogP contribution in [0.15, 0.2) is 54.6 Å². The number of carbonyl (C=O) groups is 2. The molecule has 0 radical (unpaired) electrons. The lowest BCUT2D eigenvalue weighted by Gasteiger charge is -2.30. The average molecular weight is 552 g/mol. The third-order valence-corrected chi connectivity index (χ3v) is 7.13. The van der Waals surface area contributed by atoms with Crippen molar-refractivity contribution < 1.29 is 19.1 Å². The van der Waals surface area contributed by atoms with Crippen LogP contribution in [0.25, 0.3) is 11.3 Å². The maximum atomic E-state index is 13.3. The number of rotatable bonds is 8. The minimum atomic E-state index is -0.245. The second kappa shape index (κ2) is 12.8. The van der Waals surface area contributed by atoms with E-state index in [1.165, 1.54) is 0 Å². The first-order chi connectivity index (χ1) is 18.8. The van der Waals surface area contributed by atoms with Gasteiger partial charge in [-0.05, 0) is 62.7 Å². The summed E-state index contributed by atoms with van der Waals surface area (Å²) in [5.41, 5.74) is 2.00. The van der Waals surface area contributed by atoms with E-state index in [0.717, 1.165) is 30.0 Å². The molecule has 1 aromatic heterocycles. The fourth-order valence-corrected chi connectivity index (χ4v) is 4.78. The molecule has 0 aliphatic carbocycles. The lowest BCUT2D eigenvalue weighted by atomic mass is 10.1. The molecule has 0 bridgehead atoms. The Morgan fingerprint density at radius 2 is 1.72 bits per heavy atom. The molecule has 2 aromatic carbocycles. The van der Waals surface area contributed by atoms with Crippen LogP contribution in [0.5, 0.6) is 11.5 Å². The van der Waals surface area contributed by atoms with Gasteiger partial charge in [0.15, 0.2) is 17.3 Å². The molecule has 3 aromatic rings. The Morgan fingerprint density at radius 3 is 2.38 bits per heavy atom. The molecule has 10 heteroatoms. The van der Waals surface area contributed by atoms with Crippen LogP contribution < -0.4 is 14.4 Å². The van der Waals surface area contributed by atoms with Gasteiger partial charge in [-0.3, -0.25) is 9.59 Å². The normalized spacial score (nSPS) is 13.7. The van der Waals surface area contributed by atoms with Gasteiger partial charge in [0.05, 0.1) is 30.5 Å². The highest BCUT2D eigenvalue weighted by atomic mass is 35.5. The quantitative estimate of drug-likeness (QED) is 0.410. The van der Waals surface area contributed by atoms with Gasteiger partial charge in [-0.1, -0.05) is 23.7 Å². The van der Waals surface area contributed by atoms with Crippen molar-refractivity contribution in [1.82, 2.24) is 20.0 Å². The molecular formula is C29H34ClN5O4. The Bertz CT molecular complexity index is 1300. The number of nitrogens with zero attached hydrogens (tertiary/aromatic N) is 5. The third-order valence-electron chi connectivity index (χ3n) is 6.80. The number of halogens is 1. The third kappa shape index (κ3) is 6.60. The van der Waals surface area contributed by atoms with Gasteiger partial charge >= 0.3 is 0 Å². The van der Waals surface area contributed by atoms with E-state index in [4.69, 9.17) is 21.1 Å². The van der Waals surface area contributed by atoms with E-state index < -0.39 is 0 Å². The van der Waals surface area contributed by atoms with E-state index in [9.17, 15) is 9.59 Å². The van der Waals surface area contributed by atoms with Crippen LogP contribution in [-0.4, -0.2) is 84.8 Å². The molecule has 39 heavy (non-hydrogen) atoms. The number of hydrogen-bond donors (Lipinski definition) is 0. The number of aromatic nitrogens is 2. The summed E-state index contributed by atoms with van der Waals surface area (Å²) in [6.07, 6.45) is 0.783. The zero-order valence-electron chi connectivity index (χ0n) is 22.8. The SMILES string of the molecule is COc1ccc(-c2ccc(N3CCCN(C(=O)CN(C(=O)c4ccccc4Cl)C(C)C)CC3)nn2)cc1OC. The molecule has 1 aliphatic rings. The summed E-state index contributed by atoms with van der Waals surface area (Å²) in [6, 6.07) is 16.3. The van der Waals surface area contributed by atoms with E-state index in [2.05, 4.69) is 15.1 Å². The summed E-state index contributed by atoms with van der Waals surface area (Å²) in [5.74, 6) is 1.71. The fourth-order valence-electron chi connectivity index (χ4n) is 4.56. The predicted octanol–water partition coefficient (Wildman–Crippen LogP) is 4.40. The van der Waals surface area contributed by atoms with Crippen molar-refractivity contribution in [2.75, 3.05) is 51.8 Å². The standard InChI is InChI=1S/C29H34ClN5O4/c1-20(2)35(29(37)22-8-5-6-9-23(22)30)19-28(36)34-15-7-14-33(16-17-34)27-13-11-24(31-32-27)21-10-12-25(38-3)26(18-21)39-4/h5-6,8-13,18,20H,7,14-17,19H2,1-4H3. The van der Waals surface area contributed by atoms with Crippen LogP contribution in [0.2, 0.25) is 5.02 Å². The van der Waals surface area contributed by atoms with Gasteiger partial charge in [0, 0.05) is 37.8 Å². The second-order valence-corrected chi connectivity index (χ2v) is 9.98. The molecule has 0 N–H and O–H groups in total. The number of anilines is 1. The minimum absolute atomic E-state index is 0.00154. The number of methoxy groups -OCH3 is 2. The molecule has 9 nitrogen and oxygen atoms in total. The summed E-state index contributed by atoms with van der Waals surface area (Å²) < 4.78 is 10.7. The van der Waals surface area contributed by atoms with Crippen molar-refractivity contribution in [3.63, 3.8) is 0 Å². The summed E-state index contributed by atoms with van der Waals surface area (Å²) >= 11 is 6.25. The Labute approximate surface area is 234 Å². The van der Waals surface area contributed by atoms with E-state index in [0.29, 0.717) is 41.7 Å². The Kier molecular flexibility index (Phi) is 9.24. The highest BCUT2D eigenvalue weighted by Gasteiger charge is 2.27. The van der Waals surface area contributed by atoms with E-state index in [1.54, 1.807) is 43.4 Å². The molecule has 2 heterocycles. The van der Waals surface area contributed by atoms with Crippen LogP contribution in [0.4, 0.5) is 5.82 Å². The van der Waals surface area contributed by atoms with E-state index >= 15 is 0 Å². The zero-order valence-corrected chi connectivity index (χ0v) is 23.5. The van der Waals surface area contributed by atoms with Gasteiger partial charge in [0.2, 0.25) is 5.91 Å². The van der Waals surface area contributed by atoms with Crippen molar-refractivity contribution >= 4 is 29.2 Å². The zero-order chi connectivity index (χ0) is 27.9. The van der Waals surface area contributed by atoms with Crippen molar-refractivity contribution in [2.45, 2.75) is 26.3 Å². The van der Waals surface area contributed by atoms with Crippen LogP contribution in [0.1, 0.15) is 30.6 Å². The first-order valence-electron chi connectivity index (χ1n) is 13.0. The molecule has 0 spiro atoms. The van der Waals surface area contributed by atoms with Gasteiger partial charge in [-0.25, -0.2) is 0 Å². The van der Waals surface area contributed by atoms with E-state index in [-0.39, 0.29) is 24.4 Å². The van der Waals surface area contributed by atoms with Gasteiger partial charge in [-0.15, -0.1) is 10.2 Å². The molecule has 0 atom stereocenters. The van der Waals surface area contributed by atoms with Gasteiger partial charge in [0.25, 0.3) is 5.91 Å². The number of ether oxygens (including phenoxy) is 2. The maximum absolute atomic E-state index is 13.3. The Morgan fingerprint density at radius 1 is 0.949 bits per heavy atom. The van der Waals surface area contributed by atoms with Crippen LogP contribution in [-0.2, 0) is 4.79 Å². The van der Waals surface area contributed by atoms with Crippen LogP contribution in [0.3, 0.4) is 0 Å². The Hall–Kier alpha value is -3.85. The maximum Gasteiger partial charge on any atom is 0.256 e. The van der Waals surface area contributed by atoms with E-state index in [1.807, 2.05) is 49.1 Å². The summed E-state index contributed by atoms with van der Waals surface area (Å²) in [6.45, 7) is 6.31. The molecule has 0 unspecified atom stereocenters. The largest absolute Gasteiger partial charge is 0.493 e. The topological polar surface area (TPSA) is 88.1 Å². The van der Waals surface area contributed by atoms with Crippen molar-refractivity contribution in [3.8, 4) is 22.8 Å². The number of carbonyl (C=O) groups excluding carboxylic acids is 2. The highest BCUT2D eigenvalue weighted by Crippen LogP contribution is 2.31.